The first-order valence-corrected chi connectivity index (χ1v) is 6.80. The van der Waals surface area contributed by atoms with Crippen LogP contribution in [-0.4, -0.2) is 35.7 Å². The second kappa shape index (κ2) is 5.77. The maximum absolute atomic E-state index is 11.6. The molecule has 0 bridgehead atoms. The summed E-state index contributed by atoms with van der Waals surface area (Å²) in [7, 11) is 0. The Labute approximate surface area is 120 Å². The van der Waals surface area contributed by atoms with Gasteiger partial charge in [-0.3, -0.25) is 19.3 Å². The van der Waals surface area contributed by atoms with E-state index < -0.39 is 0 Å². The van der Waals surface area contributed by atoms with Crippen LogP contribution in [0.4, 0.5) is 0 Å². The Morgan fingerprint density at radius 2 is 1.60 bits per heavy atom. The van der Waals surface area contributed by atoms with Crippen LogP contribution in [-0.2, 0) is 14.4 Å². The monoisotopic (exact) mass is 280 g/mol. The summed E-state index contributed by atoms with van der Waals surface area (Å²) in [5, 5.41) is 2.82. The summed E-state index contributed by atoms with van der Waals surface area (Å²) in [6.45, 7) is 10.7. The highest BCUT2D eigenvalue weighted by Gasteiger charge is 2.34. The van der Waals surface area contributed by atoms with Crippen LogP contribution in [0.25, 0.3) is 0 Å². The SMILES string of the molecule is CC(=O)NCC(C)(C)CC(C)(C)CN1C(=O)C=CC1=O. The Hall–Kier alpha value is -1.65. The van der Waals surface area contributed by atoms with E-state index in [4.69, 9.17) is 0 Å². The third kappa shape index (κ3) is 4.79. The van der Waals surface area contributed by atoms with Crippen LogP contribution >= 0.6 is 0 Å². The fourth-order valence-corrected chi connectivity index (χ4v) is 2.79. The highest BCUT2D eigenvalue weighted by Crippen LogP contribution is 2.34. The zero-order chi connectivity index (χ0) is 15.6. The lowest BCUT2D eigenvalue weighted by atomic mass is 9.74. The Bertz CT molecular complexity index is 432. The molecule has 0 aromatic rings. The lowest BCUT2D eigenvalue weighted by Crippen LogP contribution is -2.42. The van der Waals surface area contributed by atoms with Crippen LogP contribution < -0.4 is 5.32 Å². The lowest BCUT2D eigenvalue weighted by molar-refractivity contribution is -0.138. The summed E-state index contributed by atoms with van der Waals surface area (Å²) in [4.78, 5) is 35.5. The van der Waals surface area contributed by atoms with Gasteiger partial charge in [-0.25, -0.2) is 0 Å². The highest BCUT2D eigenvalue weighted by atomic mass is 16.2. The molecule has 0 atom stereocenters. The van der Waals surface area contributed by atoms with Gasteiger partial charge >= 0.3 is 0 Å². The van der Waals surface area contributed by atoms with Gasteiger partial charge in [-0.1, -0.05) is 27.7 Å². The van der Waals surface area contributed by atoms with Gasteiger partial charge in [0.05, 0.1) is 0 Å². The average Bonchev–Trinajstić information content (AvgIpc) is 2.56. The highest BCUT2D eigenvalue weighted by molar-refractivity contribution is 6.12. The van der Waals surface area contributed by atoms with Gasteiger partial charge in [0, 0.05) is 32.2 Å². The maximum atomic E-state index is 11.6. The predicted octanol–water partition coefficient (Wildman–Crippen LogP) is 1.49. The minimum absolute atomic E-state index is 0.0509. The van der Waals surface area contributed by atoms with Crippen LogP contribution in [0.2, 0.25) is 0 Å². The van der Waals surface area contributed by atoms with Crippen LogP contribution in [0.1, 0.15) is 41.0 Å². The van der Waals surface area contributed by atoms with Crippen molar-refractivity contribution in [2.75, 3.05) is 13.1 Å². The minimum Gasteiger partial charge on any atom is -0.356 e. The molecule has 3 amide bonds. The first-order valence-electron chi connectivity index (χ1n) is 6.80. The summed E-state index contributed by atoms with van der Waals surface area (Å²) in [6, 6.07) is 0. The molecule has 1 aliphatic heterocycles. The molecule has 5 heteroatoms. The minimum atomic E-state index is -0.247. The molecule has 0 saturated heterocycles. The average molecular weight is 280 g/mol. The van der Waals surface area contributed by atoms with Crippen molar-refractivity contribution < 1.29 is 14.4 Å². The number of carbonyl (C=O) groups excluding carboxylic acids is 3. The molecule has 1 aliphatic rings. The molecular weight excluding hydrogens is 256 g/mol. The number of nitrogens with zero attached hydrogens (tertiary/aromatic N) is 1. The van der Waals surface area contributed by atoms with Crippen molar-refractivity contribution in [3.05, 3.63) is 12.2 Å². The van der Waals surface area contributed by atoms with Gasteiger partial charge in [0.25, 0.3) is 11.8 Å². The topological polar surface area (TPSA) is 66.5 Å². The predicted molar refractivity (Wildman–Crippen MR) is 76.7 cm³/mol. The van der Waals surface area contributed by atoms with E-state index in [-0.39, 0.29) is 28.6 Å². The molecule has 1 heterocycles. The van der Waals surface area contributed by atoms with Gasteiger partial charge in [0.15, 0.2) is 0 Å². The smallest absolute Gasteiger partial charge is 0.253 e. The molecule has 0 aromatic carbocycles. The molecule has 0 aliphatic carbocycles. The number of hydrogen-bond acceptors (Lipinski definition) is 3. The molecule has 0 radical (unpaired) electrons. The number of nitrogens with one attached hydrogen (secondary N) is 1. The quantitative estimate of drug-likeness (QED) is 0.750. The first-order chi connectivity index (χ1) is 9.02. The molecule has 20 heavy (non-hydrogen) atoms. The fourth-order valence-electron chi connectivity index (χ4n) is 2.79. The van der Waals surface area contributed by atoms with Crippen LogP contribution in [0.5, 0.6) is 0 Å². The Kier molecular flexibility index (Phi) is 4.73. The van der Waals surface area contributed by atoms with E-state index in [1.165, 1.54) is 24.0 Å². The molecule has 0 unspecified atom stereocenters. The third-order valence-electron chi connectivity index (χ3n) is 3.26. The van der Waals surface area contributed by atoms with Crippen molar-refractivity contribution in [3.63, 3.8) is 0 Å². The van der Waals surface area contributed by atoms with Gasteiger partial charge in [-0.2, -0.15) is 0 Å². The molecule has 5 nitrogen and oxygen atoms in total. The lowest BCUT2D eigenvalue weighted by Gasteiger charge is -2.37. The third-order valence-corrected chi connectivity index (χ3v) is 3.26. The fraction of sp³-hybridized carbons (Fsp3) is 0.667. The van der Waals surface area contributed by atoms with E-state index in [0.29, 0.717) is 13.1 Å². The summed E-state index contributed by atoms with van der Waals surface area (Å²) in [5.41, 5.74) is -0.312. The number of rotatable bonds is 6. The van der Waals surface area contributed by atoms with E-state index in [2.05, 4.69) is 19.2 Å². The van der Waals surface area contributed by atoms with Crippen molar-refractivity contribution in [2.45, 2.75) is 41.0 Å². The maximum Gasteiger partial charge on any atom is 0.253 e. The molecule has 0 spiro atoms. The van der Waals surface area contributed by atoms with Crippen LogP contribution in [0, 0.1) is 10.8 Å². The van der Waals surface area contributed by atoms with E-state index in [1.807, 2.05) is 13.8 Å². The number of carbonyl (C=O) groups is 3. The molecule has 0 fully saturated rings. The van der Waals surface area contributed by atoms with E-state index in [9.17, 15) is 14.4 Å². The van der Waals surface area contributed by atoms with Crippen LogP contribution in [0.15, 0.2) is 12.2 Å². The van der Waals surface area contributed by atoms with Crippen molar-refractivity contribution in [1.29, 1.82) is 0 Å². The molecule has 1 N–H and O–H groups in total. The molecule has 1 rings (SSSR count). The zero-order valence-electron chi connectivity index (χ0n) is 12.9. The van der Waals surface area contributed by atoms with Crippen molar-refractivity contribution in [3.8, 4) is 0 Å². The summed E-state index contributed by atoms with van der Waals surface area (Å²) in [5.74, 6) is -0.546. The second-order valence-corrected chi connectivity index (χ2v) is 7.01. The summed E-state index contributed by atoms with van der Waals surface area (Å²) >= 11 is 0. The standard InChI is InChI=1S/C15H24N2O3/c1-11(18)16-9-14(2,3)8-15(4,5)10-17-12(19)6-7-13(17)20/h6-7H,8-10H2,1-5H3,(H,16,18). The Balaban J connectivity index is 2.62. The van der Waals surface area contributed by atoms with Gasteiger partial charge in [0.1, 0.15) is 0 Å². The molecular formula is C15H24N2O3. The van der Waals surface area contributed by atoms with E-state index >= 15 is 0 Å². The number of amides is 3. The van der Waals surface area contributed by atoms with Gasteiger partial charge in [-0.05, 0) is 17.3 Å². The molecule has 112 valence electrons. The van der Waals surface area contributed by atoms with Gasteiger partial charge in [0.2, 0.25) is 5.91 Å². The number of hydrogen-bond donors (Lipinski definition) is 1. The molecule has 0 saturated carbocycles. The van der Waals surface area contributed by atoms with Crippen molar-refractivity contribution in [1.82, 2.24) is 10.2 Å². The van der Waals surface area contributed by atoms with Crippen molar-refractivity contribution in [2.24, 2.45) is 10.8 Å². The molecule has 0 aromatic heterocycles. The summed E-state index contributed by atoms with van der Waals surface area (Å²) < 4.78 is 0. The second-order valence-electron chi connectivity index (χ2n) is 7.01. The Morgan fingerprint density at radius 1 is 1.10 bits per heavy atom. The van der Waals surface area contributed by atoms with E-state index in [1.54, 1.807) is 0 Å². The zero-order valence-corrected chi connectivity index (χ0v) is 12.9. The van der Waals surface area contributed by atoms with E-state index in [0.717, 1.165) is 6.42 Å². The summed E-state index contributed by atoms with van der Waals surface area (Å²) in [6.07, 6.45) is 3.40. The normalized spacial score (nSPS) is 15.9. The van der Waals surface area contributed by atoms with Gasteiger partial charge < -0.3 is 5.32 Å². The van der Waals surface area contributed by atoms with Crippen molar-refractivity contribution >= 4 is 17.7 Å². The van der Waals surface area contributed by atoms with Crippen LogP contribution in [0.3, 0.4) is 0 Å². The number of imide groups is 1. The Morgan fingerprint density at radius 3 is 2.05 bits per heavy atom. The van der Waals surface area contributed by atoms with Gasteiger partial charge in [-0.15, -0.1) is 0 Å². The largest absolute Gasteiger partial charge is 0.356 e. The first kappa shape index (κ1) is 16.4.